The van der Waals surface area contributed by atoms with Crippen LogP contribution < -0.4 is 0 Å². The second-order valence-electron chi connectivity index (χ2n) is 4.82. The summed E-state index contributed by atoms with van der Waals surface area (Å²) in [7, 11) is 1.29. The molecule has 1 heterocycles. The Morgan fingerprint density at radius 1 is 1.39 bits per heavy atom. The van der Waals surface area contributed by atoms with Crippen molar-refractivity contribution in [1.29, 1.82) is 0 Å². The first-order valence-electron chi connectivity index (χ1n) is 5.80. The third-order valence-corrected chi connectivity index (χ3v) is 3.54. The molecule has 4 nitrogen and oxygen atoms in total. The Morgan fingerprint density at radius 3 is 2.67 bits per heavy atom. The Kier molecular flexibility index (Phi) is 2.89. The van der Waals surface area contributed by atoms with Gasteiger partial charge in [0.05, 0.1) is 12.7 Å². The van der Waals surface area contributed by atoms with Crippen molar-refractivity contribution in [3.05, 3.63) is 34.4 Å². The summed E-state index contributed by atoms with van der Waals surface area (Å²) in [4.78, 5) is 23.7. The van der Waals surface area contributed by atoms with Gasteiger partial charge < -0.3 is 9.47 Å². The summed E-state index contributed by atoms with van der Waals surface area (Å²) in [6.45, 7) is 5.51. The van der Waals surface area contributed by atoms with Crippen LogP contribution in [0.4, 0.5) is 0 Å². The van der Waals surface area contributed by atoms with Gasteiger partial charge in [-0.25, -0.2) is 9.59 Å². The highest BCUT2D eigenvalue weighted by Crippen LogP contribution is 2.32. The fraction of sp³-hybridized carbons (Fsp3) is 0.429. The zero-order valence-electron chi connectivity index (χ0n) is 11.0. The molecule has 0 bridgehead atoms. The number of methoxy groups -OCH3 is 1. The van der Waals surface area contributed by atoms with E-state index >= 15 is 0 Å². The Balaban J connectivity index is 2.54. The number of aryl methyl sites for hydroxylation is 1. The highest BCUT2D eigenvalue weighted by atomic mass is 16.6. The minimum absolute atomic E-state index is 0.355. The van der Waals surface area contributed by atoms with Crippen LogP contribution in [-0.4, -0.2) is 24.6 Å². The first-order chi connectivity index (χ1) is 8.39. The number of carbonyl (C=O) groups is 2. The lowest BCUT2D eigenvalue weighted by Crippen LogP contribution is -2.46. The molecule has 0 fully saturated rings. The monoisotopic (exact) mass is 248 g/mol. The number of fused-ring (bicyclic) bond motifs is 1. The van der Waals surface area contributed by atoms with E-state index in [1.165, 1.54) is 7.11 Å². The number of carbonyl (C=O) groups excluding carboxylic acids is 2. The number of ether oxygens (including phenoxy) is 2. The van der Waals surface area contributed by atoms with E-state index < -0.39 is 17.5 Å². The van der Waals surface area contributed by atoms with Crippen LogP contribution >= 0.6 is 0 Å². The van der Waals surface area contributed by atoms with Gasteiger partial charge in [0.25, 0.3) is 0 Å². The summed E-state index contributed by atoms with van der Waals surface area (Å²) in [6.07, 6.45) is 0.355. The quantitative estimate of drug-likeness (QED) is 0.713. The molecule has 0 saturated carbocycles. The van der Waals surface area contributed by atoms with Gasteiger partial charge in [0.1, 0.15) is 0 Å². The normalized spacial score (nSPS) is 22.1. The largest absolute Gasteiger partial charge is 0.466 e. The molecule has 0 amide bonds. The van der Waals surface area contributed by atoms with Crippen LogP contribution in [-0.2, 0) is 20.7 Å². The van der Waals surface area contributed by atoms with E-state index in [4.69, 9.17) is 9.47 Å². The van der Waals surface area contributed by atoms with Crippen LogP contribution in [0.3, 0.4) is 0 Å². The molecule has 1 aliphatic rings. The third kappa shape index (κ3) is 1.78. The van der Waals surface area contributed by atoms with Crippen molar-refractivity contribution in [3.63, 3.8) is 0 Å². The Labute approximate surface area is 106 Å². The molecular formula is C14H16O4. The zero-order chi connectivity index (χ0) is 13.5. The molecule has 1 aliphatic heterocycles. The summed E-state index contributed by atoms with van der Waals surface area (Å²) < 4.78 is 9.94. The molecule has 0 saturated heterocycles. The number of benzene rings is 1. The second kappa shape index (κ2) is 4.12. The Morgan fingerprint density at radius 2 is 2.06 bits per heavy atom. The number of hydrogen-bond donors (Lipinski definition) is 0. The van der Waals surface area contributed by atoms with Gasteiger partial charge in [0, 0.05) is 6.42 Å². The van der Waals surface area contributed by atoms with Gasteiger partial charge in [0.15, 0.2) is 0 Å². The zero-order valence-corrected chi connectivity index (χ0v) is 11.0. The van der Waals surface area contributed by atoms with Crippen molar-refractivity contribution in [2.75, 3.05) is 7.11 Å². The van der Waals surface area contributed by atoms with E-state index in [1.54, 1.807) is 13.0 Å². The summed E-state index contributed by atoms with van der Waals surface area (Å²) in [5.41, 5.74) is 2.31. The van der Waals surface area contributed by atoms with Crippen LogP contribution in [0.15, 0.2) is 12.1 Å². The molecule has 1 unspecified atom stereocenters. The van der Waals surface area contributed by atoms with E-state index in [0.717, 1.165) is 16.7 Å². The molecule has 1 aromatic rings. The fourth-order valence-corrected chi connectivity index (χ4v) is 2.26. The lowest BCUT2D eigenvalue weighted by atomic mass is 9.86. The van der Waals surface area contributed by atoms with Crippen molar-refractivity contribution in [2.24, 2.45) is 0 Å². The highest BCUT2D eigenvalue weighted by molar-refractivity contribution is 5.96. The van der Waals surface area contributed by atoms with E-state index in [0.29, 0.717) is 12.0 Å². The van der Waals surface area contributed by atoms with Crippen molar-refractivity contribution < 1.29 is 19.1 Å². The molecule has 1 atom stereocenters. The third-order valence-electron chi connectivity index (χ3n) is 3.54. The van der Waals surface area contributed by atoms with Gasteiger partial charge in [-0.05, 0) is 43.5 Å². The topological polar surface area (TPSA) is 52.6 Å². The molecule has 18 heavy (non-hydrogen) atoms. The second-order valence-corrected chi connectivity index (χ2v) is 4.82. The first kappa shape index (κ1) is 12.6. The van der Waals surface area contributed by atoms with E-state index in [2.05, 4.69) is 0 Å². The fourth-order valence-electron chi connectivity index (χ4n) is 2.26. The smallest absolute Gasteiger partial charge is 0.350 e. The maximum absolute atomic E-state index is 12.0. The molecule has 96 valence electrons. The lowest BCUT2D eigenvalue weighted by Gasteiger charge is -2.32. The average molecular weight is 248 g/mol. The van der Waals surface area contributed by atoms with Crippen LogP contribution in [0.25, 0.3) is 0 Å². The summed E-state index contributed by atoms with van der Waals surface area (Å²) in [5, 5.41) is 0. The van der Waals surface area contributed by atoms with E-state index in [1.807, 2.05) is 19.9 Å². The van der Waals surface area contributed by atoms with Crippen molar-refractivity contribution in [3.8, 4) is 0 Å². The molecular weight excluding hydrogens is 232 g/mol. The Bertz CT molecular complexity index is 533. The summed E-state index contributed by atoms with van der Waals surface area (Å²) in [6, 6.07) is 3.63. The maximum Gasteiger partial charge on any atom is 0.350 e. The van der Waals surface area contributed by atoms with Crippen molar-refractivity contribution >= 4 is 11.9 Å². The van der Waals surface area contributed by atoms with Crippen molar-refractivity contribution in [1.82, 2.24) is 0 Å². The van der Waals surface area contributed by atoms with Crippen LogP contribution in [0.5, 0.6) is 0 Å². The number of rotatable bonds is 1. The average Bonchev–Trinajstić information content (AvgIpc) is 2.33. The number of cyclic esters (lactones) is 1. The van der Waals surface area contributed by atoms with Crippen molar-refractivity contribution in [2.45, 2.75) is 32.8 Å². The molecule has 0 aliphatic carbocycles. The van der Waals surface area contributed by atoms with Crippen LogP contribution in [0, 0.1) is 13.8 Å². The van der Waals surface area contributed by atoms with E-state index in [9.17, 15) is 9.59 Å². The predicted molar refractivity (Wildman–Crippen MR) is 65.5 cm³/mol. The molecule has 0 spiro atoms. The Hall–Kier alpha value is -1.84. The van der Waals surface area contributed by atoms with Crippen LogP contribution in [0.2, 0.25) is 0 Å². The number of hydrogen-bond acceptors (Lipinski definition) is 4. The number of esters is 2. The molecule has 0 N–H and O–H groups in total. The molecule has 0 radical (unpaired) electrons. The van der Waals surface area contributed by atoms with Gasteiger partial charge in [0.2, 0.25) is 5.60 Å². The van der Waals surface area contributed by atoms with Gasteiger partial charge in [-0.2, -0.15) is 0 Å². The molecule has 1 aromatic carbocycles. The van der Waals surface area contributed by atoms with Gasteiger partial charge in [-0.15, -0.1) is 0 Å². The first-order valence-corrected chi connectivity index (χ1v) is 5.80. The lowest BCUT2D eigenvalue weighted by molar-refractivity contribution is -0.161. The summed E-state index contributed by atoms with van der Waals surface area (Å²) >= 11 is 0. The molecule has 2 rings (SSSR count). The van der Waals surface area contributed by atoms with Gasteiger partial charge >= 0.3 is 11.9 Å². The minimum atomic E-state index is -1.22. The maximum atomic E-state index is 12.0. The molecule has 0 aromatic heterocycles. The van der Waals surface area contributed by atoms with Crippen LogP contribution in [0.1, 0.15) is 34.0 Å². The van der Waals surface area contributed by atoms with Gasteiger partial charge in [-0.1, -0.05) is 6.07 Å². The minimum Gasteiger partial charge on any atom is -0.466 e. The summed E-state index contributed by atoms with van der Waals surface area (Å²) in [5.74, 6) is -0.991. The highest BCUT2D eigenvalue weighted by Gasteiger charge is 2.44. The standard InChI is InChI=1S/C14H16O4/c1-8-5-6-10-11(9(8)2)7-14(3,13(16)17-4)18-12(10)15/h5-6H,7H2,1-4H3. The van der Waals surface area contributed by atoms with E-state index in [-0.39, 0.29) is 0 Å². The predicted octanol–water partition coefficient (Wildman–Crippen LogP) is 1.95. The SMILES string of the molecule is COC(=O)C1(C)Cc2c(ccc(C)c2C)C(=O)O1. The molecule has 4 heteroatoms. The van der Waals surface area contributed by atoms with Gasteiger partial charge in [-0.3, -0.25) is 0 Å².